The van der Waals surface area contributed by atoms with Gasteiger partial charge in [-0.25, -0.2) is 13.1 Å². The number of aryl methyl sites for hydroxylation is 1. The van der Waals surface area contributed by atoms with Gasteiger partial charge in [-0.05, 0) is 45.2 Å². The zero-order valence-corrected chi connectivity index (χ0v) is 19.2. The second-order valence-electron chi connectivity index (χ2n) is 7.35. The Balaban J connectivity index is 1.79. The number of rotatable bonds is 11. The van der Waals surface area contributed by atoms with Crippen molar-refractivity contribution in [1.82, 2.24) is 14.9 Å². The molecule has 1 fully saturated rings. The molecule has 1 heterocycles. The molecule has 8 nitrogen and oxygen atoms in total. The summed E-state index contributed by atoms with van der Waals surface area (Å²) in [5.41, 5.74) is 1.03. The summed E-state index contributed by atoms with van der Waals surface area (Å²) < 4.78 is 38.3. The average Bonchev–Trinajstić information content (AvgIpc) is 2.74. The number of guanidine groups is 1. The molecule has 0 aromatic heterocycles. The zero-order valence-electron chi connectivity index (χ0n) is 18.4. The third-order valence-electron chi connectivity index (χ3n) is 4.92. The summed E-state index contributed by atoms with van der Waals surface area (Å²) in [5.74, 6) is 0.824. The molecular formula is C21H36N4O4S. The minimum Gasteiger partial charge on any atom is -0.385 e. The summed E-state index contributed by atoms with van der Waals surface area (Å²) in [7, 11) is -1.81. The Morgan fingerprint density at radius 3 is 2.53 bits per heavy atom. The largest absolute Gasteiger partial charge is 0.385 e. The highest BCUT2D eigenvalue weighted by atomic mass is 32.2. The molecule has 1 aliphatic rings. The molecule has 0 radical (unpaired) electrons. The van der Waals surface area contributed by atoms with Crippen LogP contribution in [0.5, 0.6) is 0 Å². The molecule has 0 aliphatic carbocycles. The number of benzene rings is 1. The van der Waals surface area contributed by atoms with Gasteiger partial charge in [0, 0.05) is 46.5 Å². The molecule has 9 heteroatoms. The number of ether oxygens (including phenoxy) is 2. The van der Waals surface area contributed by atoms with E-state index in [9.17, 15) is 8.42 Å². The van der Waals surface area contributed by atoms with Crippen molar-refractivity contribution >= 4 is 16.0 Å². The van der Waals surface area contributed by atoms with E-state index < -0.39 is 10.0 Å². The molecule has 1 aliphatic heterocycles. The van der Waals surface area contributed by atoms with Crippen molar-refractivity contribution in [3.05, 3.63) is 29.8 Å². The molecule has 0 saturated carbocycles. The number of nitrogens with one attached hydrogen (secondary N) is 2. The van der Waals surface area contributed by atoms with Gasteiger partial charge in [0.05, 0.1) is 17.5 Å². The van der Waals surface area contributed by atoms with Crippen LogP contribution in [-0.4, -0.2) is 78.4 Å². The standard InChI is InChI=1S/C21H36N4O4S/c1-4-22-21(25-14-10-19(11-15-25)29-17-5-16-28-3)23-12-13-24-30(26,27)20-8-6-18(2)7-9-20/h6-9,19,24H,4-5,10-17H2,1-3H3,(H,22,23). The molecule has 0 amide bonds. The maximum atomic E-state index is 12.4. The lowest BCUT2D eigenvalue weighted by atomic mass is 10.1. The zero-order chi connectivity index (χ0) is 21.8. The fourth-order valence-corrected chi connectivity index (χ4v) is 4.28. The van der Waals surface area contributed by atoms with Crippen LogP contribution in [0.25, 0.3) is 0 Å². The van der Waals surface area contributed by atoms with E-state index in [1.165, 1.54) is 0 Å². The Hall–Kier alpha value is -1.68. The molecule has 0 unspecified atom stereocenters. The lowest BCUT2D eigenvalue weighted by Crippen LogP contribution is -2.47. The molecule has 1 aromatic carbocycles. The Labute approximate surface area is 181 Å². The van der Waals surface area contributed by atoms with Crippen molar-refractivity contribution in [2.24, 2.45) is 4.99 Å². The van der Waals surface area contributed by atoms with Crippen LogP contribution >= 0.6 is 0 Å². The van der Waals surface area contributed by atoms with E-state index in [0.29, 0.717) is 6.54 Å². The summed E-state index contributed by atoms with van der Waals surface area (Å²) in [6.07, 6.45) is 3.11. The van der Waals surface area contributed by atoms with Gasteiger partial charge in [-0.1, -0.05) is 17.7 Å². The number of nitrogens with zero attached hydrogens (tertiary/aromatic N) is 2. The fraction of sp³-hybridized carbons (Fsp3) is 0.667. The first-order chi connectivity index (χ1) is 14.5. The highest BCUT2D eigenvalue weighted by Gasteiger charge is 2.22. The van der Waals surface area contributed by atoms with Gasteiger partial charge in [0.1, 0.15) is 0 Å². The molecule has 170 valence electrons. The predicted molar refractivity (Wildman–Crippen MR) is 119 cm³/mol. The maximum Gasteiger partial charge on any atom is 0.240 e. The van der Waals surface area contributed by atoms with E-state index in [1.54, 1.807) is 31.4 Å². The van der Waals surface area contributed by atoms with Crippen molar-refractivity contribution in [3.8, 4) is 0 Å². The number of sulfonamides is 1. The summed E-state index contributed by atoms with van der Waals surface area (Å²) in [5, 5.41) is 3.30. The minimum atomic E-state index is -3.51. The van der Waals surface area contributed by atoms with E-state index >= 15 is 0 Å². The van der Waals surface area contributed by atoms with Gasteiger partial charge in [0.25, 0.3) is 0 Å². The predicted octanol–water partition coefficient (Wildman–Crippen LogP) is 1.76. The van der Waals surface area contributed by atoms with E-state index in [2.05, 4.69) is 19.9 Å². The van der Waals surface area contributed by atoms with E-state index in [-0.39, 0.29) is 17.5 Å². The highest BCUT2D eigenvalue weighted by Crippen LogP contribution is 2.14. The number of piperidine rings is 1. The minimum absolute atomic E-state index is 0.254. The van der Waals surface area contributed by atoms with Crippen molar-refractivity contribution in [3.63, 3.8) is 0 Å². The summed E-state index contributed by atoms with van der Waals surface area (Å²) >= 11 is 0. The molecule has 2 rings (SSSR count). The van der Waals surface area contributed by atoms with E-state index in [1.807, 2.05) is 13.8 Å². The third-order valence-corrected chi connectivity index (χ3v) is 6.40. The first-order valence-electron chi connectivity index (χ1n) is 10.7. The van der Waals surface area contributed by atoms with Crippen LogP contribution in [0.1, 0.15) is 31.7 Å². The Morgan fingerprint density at radius 1 is 1.20 bits per heavy atom. The van der Waals surface area contributed by atoms with Crippen molar-refractivity contribution in [2.75, 3.05) is 53.0 Å². The van der Waals surface area contributed by atoms with E-state index in [0.717, 1.165) is 63.6 Å². The lowest BCUT2D eigenvalue weighted by molar-refractivity contribution is 0.00991. The number of likely N-dealkylation sites (tertiary alicyclic amines) is 1. The van der Waals surface area contributed by atoms with Gasteiger partial charge in [-0.2, -0.15) is 0 Å². The highest BCUT2D eigenvalue weighted by molar-refractivity contribution is 7.89. The summed E-state index contributed by atoms with van der Waals surface area (Å²) in [6.45, 7) is 8.55. The molecule has 0 spiro atoms. The van der Waals surface area contributed by atoms with Crippen LogP contribution in [0.2, 0.25) is 0 Å². The van der Waals surface area contributed by atoms with Gasteiger partial charge >= 0.3 is 0 Å². The monoisotopic (exact) mass is 440 g/mol. The third kappa shape index (κ3) is 8.22. The Morgan fingerprint density at radius 2 is 1.90 bits per heavy atom. The lowest BCUT2D eigenvalue weighted by Gasteiger charge is -2.34. The van der Waals surface area contributed by atoms with Crippen LogP contribution in [0.4, 0.5) is 0 Å². The number of methoxy groups -OCH3 is 1. The number of hydrogen-bond acceptors (Lipinski definition) is 5. The molecule has 0 bridgehead atoms. The Kier molecular flexibility index (Phi) is 10.6. The maximum absolute atomic E-state index is 12.4. The molecule has 1 aromatic rings. The normalized spacial score (nSPS) is 16.1. The van der Waals surface area contributed by atoms with Crippen molar-refractivity contribution < 1.29 is 17.9 Å². The quantitative estimate of drug-likeness (QED) is 0.309. The SMILES string of the molecule is CCNC(=NCCNS(=O)(=O)c1ccc(C)cc1)N1CCC(OCCCOC)CC1. The van der Waals surface area contributed by atoms with E-state index in [4.69, 9.17) is 9.47 Å². The molecule has 1 saturated heterocycles. The van der Waals surface area contributed by atoms with Crippen LogP contribution in [0, 0.1) is 6.92 Å². The topological polar surface area (TPSA) is 92.3 Å². The second-order valence-corrected chi connectivity index (χ2v) is 9.12. The van der Waals surface area contributed by atoms with Gasteiger partial charge in [0.2, 0.25) is 10.0 Å². The van der Waals surface area contributed by atoms with Crippen LogP contribution in [-0.2, 0) is 19.5 Å². The Bertz CT molecular complexity index is 745. The van der Waals surface area contributed by atoms with Crippen LogP contribution in [0.3, 0.4) is 0 Å². The number of hydrogen-bond donors (Lipinski definition) is 2. The van der Waals surface area contributed by atoms with Crippen molar-refractivity contribution in [1.29, 1.82) is 0 Å². The first kappa shape index (κ1) is 24.6. The van der Waals surface area contributed by atoms with Gasteiger partial charge in [-0.15, -0.1) is 0 Å². The molecule has 2 N–H and O–H groups in total. The molecule has 30 heavy (non-hydrogen) atoms. The smallest absolute Gasteiger partial charge is 0.240 e. The van der Waals surface area contributed by atoms with Crippen LogP contribution in [0.15, 0.2) is 34.2 Å². The summed E-state index contributed by atoms with van der Waals surface area (Å²) in [4.78, 5) is 7.10. The van der Waals surface area contributed by atoms with Crippen LogP contribution < -0.4 is 10.0 Å². The summed E-state index contributed by atoms with van der Waals surface area (Å²) in [6, 6.07) is 6.82. The fourth-order valence-electron chi connectivity index (χ4n) is 3.26. The molecular weight excluding hydrogens is 404 g/mol. The van der Waals surface area contributed by atoms with Gasteiger partial charge in [0.15, 0.2) is 5.96 Å². The van der Waals surface area contributed by atoms with Gasteiger partial charge < -0.3 is 19.7 Å². The average molecular weight is 441 g/mol. The van der Waals surface area contributed by atoms with Crippen molar-refractivity contribution in [2.45, 2.75) is 44.1 Å². The number of aliphatic imine (C=N–C) groups is 1. The first-order valence-corrected chi connectivity index (χ1v) is 12.1. The van der Waals surface area contributed by atoms with Gasteiger partial charge in [-0.3, -0.25) is 4.99 Å². The second kappa shape index (κ2) is 12.9. The molecule has 0 atom stereocenters.